The molecule has 1 fully saturated rings. The number of hydrogen-bond donors (Lipinski definition) is 0. The topological polar surface area (TPSA) is 18.5 Å². The van der Waals surface area contributed by atoms with Gasteiger partial charge in [-0.25, -0.2) is 0 Å². The summed E-state index contributed by atoms with van der Waals surface area (Å²) < 4.78 is 11.8. The van der Waals surface area contributed by atoms with Crippen molar-refractivity contribution in [2.75, 3.05) is 14.2 Å². The fourth-order valence-corrected chi connectivity index (χ4v) is 5.35. The molecule has 1 rings (SSSR count). The predicted molar refractivity (Wildman–Crippen MR) is 196 cm³/mol. The van der Waals surface area contributed by atoms with Crippen molar-refractivity contribution in [2.24, 2.45) is 11.8 Å². The summed E-state index contributed by atoms with van der Waals surface area (Å²) in [5.41, 5.74) is 7.31. The standard InChI is InChI=1S/C42H62O2/c1-33(2)19-15-22-36(5)25-17-27-37(6)26-16-23-34(3)20-13-14-21-35(4)24-18-28-38(7)29-30-40-39(41(8,9)43-11)31-32-42(40,10)44-12/h13-14,16-21,23-30,39-40H,15,22,31-32H2,1-12H3/b14-13+,23-16+,24-18+,27-17+,30-29+,34-20+,35-21+,36-25+,37-26+,38-28+/t39-,40-,42+/m1/s1. The largest absolute Gasteiger partial charge is 0.379 e. The van der Waals surface area contributed by atoms with Gasteiger partial charge in [-0.15, -0.1) is 0 Å². The first-order valence-electron chi connectivity index (χ1n) is 16.2. The third kappa shape index (κ3) is 15.2. The molecule has 0 bridgehead atoms. The van der Waals surface area contributed by atoms with E-state index in [1.54, 1.807) is 0 Å². The first-order valence-corrected chi connectivity index (χ1v) is 16.2. The van der Waals surface area contributed by atoms with E-state index in [0.29, 0.717) is 11.8 Å². The molecular weight excluding hydrogens is 536 g/mol. The summed E-state index contributed by atoms with van der Waals surface area (Å²) in [4.78, 5) is 0. The zero-order chi connectivity index (χ0) is 33.2. The molecule has 0 aromatic carbocycles. The molecule has 1 aliphatic carbocycles. The van der Waals surface area contributed by atoms with Gasteiger partial charge in [-0.3, -0.25) is 0 Å². The van der Waals surface area contributed by atoms with Gasteiger partial charge in [0, 0.05) is 20.1 Å². The van der Waals surface area contributed by atoms with E-state index in [0.717, 1.165) is 25.7 Å². The lowest BCUT2D eigenvalue weighted by Crippen LogP contribution is -2.41. The van der Waals surface area contributed by atoms with Gasteiger partial charge in [0.2, 0.25) is 0 Å². The van der Waals surface area contributed by atoms with Crippen LogP contribution >= 0.6 is 0 Å². The van der Waals surface area contributed by atoms with Crippen LogP contribution in [-0.2, 0) is 9.47 Å². The maximum atomic E-state index is 5.98. The highest BCUT2D eigenvalue weighted by Crippen LogP contribution is 2.48. The highest BCUT2D eigenvalue weighted by atomic mass is 16.5. The molecule has 0 heterocycles. The molecule has 0 spiro atoms. The fraction of sp³-hybridized carbons (Fsp3) is 0.476. The van der Waals surface area contributed by atoms with E-state index in [1.807, 2.05) is 14.2 Å². The third-order valence-electron chi connectivity index (χ3n) is 8.64. The summed E-state index contributed by atoms with van der Waals surface area (Å²) in [5.74, 6) is 0.730. The van der Waals surface area contributed by atoms with Gasteiger partial charge in [0.15, 0.2) is 0 Å². The molecule has 0 saturated heterocycles. The minimum Gasteiger partial charge on any atom is -0.379 e. The van der Waals surface area contributed by atoms with Crippen LogP contribution in [0.2, 0.25) is 0 Å². The van der Waals surface area contributed by atoms with Crippen LogP contribution in [0.15, 0.2) is 131 Å². The van der Waals surface area contributed by atoms with Crippen molar-refractivity contribution in [2.45, 2.75) is 106 Å². The molecule has 1 saturated carbocycles. The number of ether oxygens (including phenoxy) is 2. The van der Waals surface area contributed by atoms with Crippen LogP contribution in [-0.4, -0.2) is 25.4 Å². The van der Waals surface area contributed by atoms with Crippen LogP contribution in [0.5, 0.6) is 0 Å². The van der Waals surface area contributed by atoms with Crippen LogP contribution in [0.3, 0.4) is 0 Å². The normalized spacial score (nSPS) is 23.5. The monoisotopic (exact) mass is 598 g/mol. The Labute approximate surface area is 271 Å². The number of hydrogen-bond acceptors (Lipinski definition) is 2. The van der Waals surface area contributed by atoms with Crippen LogP contribution in [0.1, 0.15) is 94.9 Å². The lowest BCUT2D eigenvalue weighted by Gasteiger charge is -2.38. The molecule has 0 N–H and O–H groups in total. The van der Waals surface area contributed by atoms with Gasteiger partial charge in [-0.2, -0.15) is 0 Å². The number of methoxy groups -OCH3 is 2. The highest BCUT2D eigenvalue weighted by Gasteiger charge is 2.49. The average Bonchev–Trinajstić information content (AvgIpc) is 3.31. The zero-order valence-electron chi connectivity index (χ0n) is 30.0. The molecule has 0 aliphatic heterocycles. The van der Waals surface area contributed by atoms with E-state index < -0.39 is 0 Å². The van der Waals surface area contributed by atoms with Gasteiger partial charge in [0.1, 0.15) is 0 Å². The summed E-state index contributed by atoms with van der Waals surface area (Å²) in [6, 6.07) is 0. The van der Waals surface area contributed by atoms with E-state index in [2.05, 4.69) is 166 Å². The van der Waals surface area contributed by atoms with Gasteiger partial charge in [0.05, 0.1) is 11.2 Å². The van der Waals surface area contributed by atoms with Crippen molar-refractivity contribution < 1.29 is 9.47 Å². The summed E-state index contributed by atoms with van der Waals surface area (Å²) in [6.45, 7) is 21.6. The molecule has 0 aromatic heterocycles. The Kier molecular flexibility index (Phi) is 17.9. The molecule has 0 amide bonds. The summed E-state index contributed by atoms with van der Waals surface area (Å²) in [7, 11) is 3.64. The molecule has 0 unspecified atom stereocenters. The van der Waals surface area contributed by atoms with Gasteiger partial charge in [-0.05, 0) is 101 Å². The lowest BCUT2D eigenvalue weighted by atomic mass is 9.78. The van der Waals surface area contributed by atoms with E-state index in [4.69, 9.17) is 9.47 Å². The Morgan fingerprint density at radius 2 is 1.18 bits per heavy atom. The average molecular weight is 599 g/mol. The molecular formula is C42H62O2. The van der Waals surface area contributed by atoms with Crippen LogP contribution in [0.4, 0.5) is 0 Å². The van der Waals surface area contributed by atoms with Crippen LogP contribution < -0.4 is 0 Å². The predicted octanol–water partition coefficient (Wildman–Crippen LogP) is 12.1. The Morgan fingerprint density at radius 3 is 1.66 bits per heavy atom. The van der Waals surface area contributed by atoms with E-state index >= 15 is 0 Å². The molecule has 0 radical (unpaired) electrons. The van der Waals surface area contributed by atoms with Gasteiger partial charge in [-0.1, -0.05) is 131 Å². The Morgan fingerprint density at radius 1 is 0.705 bits per heavy atom. The fourth-order valence-electron chi connectivity index (χ4n) is 5.35. The smallest absolute Gasteiger partial charge is 0.0717 e. The Balaban J connectivity index is 2.67. The molecule has 3 atom stereocenters. The SMILES string of the molecule is COC(C)(C)[C@@H]1CC[C@](C)(OC)[C@@H]1/C=C/C(C)=C/C=C/C(C)=C/C=C/C=C(C)/C=C/C=C(C)/C=C/C=C(\C)CCC=C(C)C. The van der Waals surface area contributed by atoms with Crippen LogP contribution in [0.25, 0.3) is 0 Å². The second-order valence-electron chi connectivity index (χ2n) is 13.3. The van der Waals surface area contributed by atoms with Crippen molar-refractivity contribution >= 4 is 0 Å². The number of allylic oxidation sites excluding steroid dienone is 21. The second-order valence-corrected chi connectivity index (χ2v) is 13.3. The molecule has 2 nitrogen and oxygen atoms in total. The minimum atomic E-state index is -0.183. The Bertz CT molecular complexity index is 1230. The maximum absolute atomic E-state index is 5.98. The summed E-state index contributed by atoms with van der Waals surface area (Å²) in [6.07, 6.45) is 39.0. The second kappa shape index (κ2) is 20.2. The van der Waals surface area contributed by atoms with Gasteiger partial charge in [0.25, 0.3) is 0 Å². The summed E-state index contributed by atoms with van der Waals surface area (Å²) in [5, 5.41) is 0. The molecule has 1 aliphatic rings. The molecule has 44 heavy (non-hydrogen) atoms. The summed E-state index contributed by atoms with van der Waals surface area (Å²) >= 11 is 0. The van der Waals surface area contributed by atoms with Crippen molar-refractivity contribution in [1.82, 2.24) is 0 Å². The van der Waals surface area contributed by atoms with E-state index in [1.165, 1.54) is 33.4 Å². The zero-order valence-corrected chi connectivity index (χ0v) is 30.0. The molecule has 0 aromatic rings. The van der Waals surface area contributed by atoms with E-state index in [9.17, 15) is 0 Å². The Hall–Kier alpha value is -2.94. The van der Waals surface area contributed by atoms with Gasteiger partial charge < -0.3 is 9.47 Å². The third-order valence-corrected chi connectivity index (χ3v) is 8.64. The molecule has 242 valence electrons. The van der Waals surface area contributed by atoms with Crippen molar-refractivity contribution in [3.05, 3.63) is 131 Å². The van der Waals surface area contributed by atoms with Crippen molar-refractivity contribution in [3.8, 4) is 0 Å². The van der Waals surface area contributed by atoms with Gasteiger partial charge >= 0.3 is 0 Å². The van der Waals surface area contributed by atoms with Crippen molar-refractivity contribution in [3.63, 3.8) is 0 Å². The number of rotatable bonds is 16. The quantitative estimate of drug-likeness (QED) is 0.130. The lowest BCUT2D eigenvalue weighted by molar-refractivity contribution is -0.0684. The maximum Gasteiger partial charge on any atom is 0.0717 e. The van der Waals surface area contributed by atoms with Crippen LogP contribution in [0, 0.1) is 11.8 Å². The minimum absolute atomic E-state index is 0.156. The first kappa shape index (κ1) is 39.1. The molecule has 2 heteroatoms. The van der Waals surface area contributed by atoms with E-state index in [-0.39, 0.29) is 11.2 Å². The highest BCUT2D eigenvalue weighted by molar-refractivity contribution is 5.32. The first-order chi connectivity index (χ1) is 20.7. The van der Waals surface area contributed by atoms with Crippen molar-refractivity contribution in [1.29, 1.82) is 0 Å².